The Balaban J connectivity index is 4.20. The van der Waals surface area contributed by atoms with Gasteiger partial charge in [-0.1, -0.05) is 6.92 Å². The lowest BCUT2D eigenvalue weighted by atomic mass is 10.1. The van der Waals surface area contributed by atoms with Crippen LogP contribution in [-0.4, -0.2) is 41.6 Å². The minimum absolute atomic E-state index is 0.0613. The molecule has 0 aromatic carbocycles. The second-order valence-corrected chi connectivity index (χ2v) is 4.54. The van der Waals surface area contributed by atoms with Crippen LogP contribution in [0, 0.1) is 5.92 Å². The summed E-state index contributed by atoms with van der Waals surface area (Å²) in [5.74, 6) is -0.246. The Morgan fingerprint density at radius 1 is 1.25 bits per heavy atom. The van der Waals surface area contributed by atoms with E-state index in [1.807, 2.05) is 0 Å². The molecule has 6 heteroatoms. The minimum atomic E-state index is -4.18. The van der Waals surface area contributed by atoms with E-state index in [4.69, 9.17) is 14.8 Å². The van der Waals surface area contributed by atoms with E-state index in [1.165, 1.54) is 0 Å². The van der Waals surface area contributed by atoms with Crippen molar-refractivity contribution < 1.29 is 23.2 Å². The molecule has 5 nitrogen and oxygen atoms in total. The first kappa shape index (κ1) is 11.8. The summed E-state index contributed by atoms with van der Waals surface area (Å²) in [6.07, 6.45) is 0.0613. The van der Waals surface area contributed by atoms with Crippen molar-refractivity contribution in [3.8, 4) is 0 Å². The van der Waals surface area contributed by atoms with Gasteiger partial charge < -0.3 is 10.2 Å². The Labute approximate surface area is 71.8 Å². The third-order valence-corrected chi connectivity index (χ3v) is 2.79. The molecule has 0 amide bonds. The molecule has 2 unspecified atom stereocenters. The molecule has 3 N–H and O–H groups in total. The summed E-state index contributed by atoms with van der Waals surface area (Å²) < 4.78 is 29.6. The molecule has 0 rings (SSSR count). The number of aliphatic hydroxyl groups is 2. The molecular weight excluding hydrogens is 184 g/mol. The zero-order valence-electron chi connectivity index (χ0n) is 6.84. The molecule has 0 bridgehead atoms. The van der Waals surface area contributed by atoms with E-state index in [0.29, 0.717) is 0 Å². The van der Waals surface area contributed by atoms with Crippen LogP contribution in [0.15, 0.2) is 0 Å². The minimum Gasteiger partial charge on any atom is -0.396 e. The number of aliphatic hydroxyl groups excluding tert-OH is 2. The molecular formula is C6H14O5S. The molecule has 0 aromatic heterocycles. The van der Waals surface area contributed by atoms with Crippen LogP contribution in [0.4, 0.5) is 0 Å². The van der Waals surface area contributed by atoms with Crippen LogP contribution in [-0.2, 0) is 10.1 Å². The first-order valence-electron chi connectivity index (χ1n) is 3.59. The van der Waals surface area contributed by atoms with E-state index < -0.39 is 22.0 Å². The van der Waals surface area contributed by atoms with Crippen molar-refractivity contribution in [2.75, 3.05) is 13.2 Å². The van der Waals surface area contributed by atoms with Crippen LogP contribution in [0.5, 0.6) is 0 Å². The predicted octanol–water partition coefficient (Wildman–Crippen LogP) is -0.746. The van der Waals surface area contributed by atoms with E-state index in [1.54, 1.807) is 6.92 Å². The standard InChI is InChI=1S/C6H14O5S/c1-5(3-7)2-6(4-8)12(9,10)11/h5-8H,2-4H2,1H3,(H,9,10,11). The van der Waals surface area contributed by atoms with Crippen LogP contribution >= 0.6 is 0 Å². The Morgan fingerprint density at radius 3 is 2.00 bits per heavy atom. The maximum Gasteiger partial charge on any atom is 0.270 e. The topological polar surface area (TPSA) is 94.8 Å². The normalized spacial score (nSPS) is 17.3. The van der Waals surface area contributed by atoms with E-state index >= 15 is 0 Å². The number of hydrogen-bond donors (Lipinski definition) is 3. The molecule has 2 atom stereocenters. The number of rotatable bonds is 5. The molecule has 0 saturated carbocycles. The van der Waals surface area contributed by atoms with Crippen molar-refractivity contribution in [1.82, 2.24) is 0 Å². The SMILES string of the molecule is CC(CO)CC(CO)S(=O)(=O)O. The van der Waals surface area contributed by atoms with Crippen molar-refractivity contribution >= 4 is 10.1 Å². The van der Waals surface area contributed by atoms with Gasteiger partial charge in [0.2, 0.25) is 0 Å². The Morgan fingerprint density at radius 2 is 1.75 bits per heavy atom. The highest BCUT2D eigenvalue weighted by Crippen LogP contribution is 2.11. The lowest BCUT2D eigenvalue weighted by Crippen LogP contribution is -2.27. The molecule has 0 aliphatic rings. The molecule has 0 aliphatic heterocycles. The fraction of sp³-hybridized carbons (Fsp3) is 1.00. The van der Waals surface area contributed by atoms with Gasteiger partial charge in [0.15, 0.2) is 0 Å². The predicted molar refractivity (Wildman–Crippen MR) is 43.3 cm³/mol. The van der Waals surface area contributed by atoms with E-state index in [9.17, 15) is 8.42 Å². The van der Waals surface area contributed by atoms with Crippen molar-refractivity contribution in [1.29, 1.82) is 0 Å². The smallest absolute Gasteiger partial charge is 0.270 e. The van der Waals surface area contributed by atoms with Crippen LogP contribution < -0.4 is 0 Å². The van der Waals surface area contributed by atoms with Gasteiger partial charge in [0.1, 0.15) is 5.25 Å². The van der Waals surface area contributed by atoms with Crippen molar-refractivity contribution in [3.63, 3.8) is 0 Å². The fourth-order valence-corrected chi connectivity index (χ4v) is 1.57. The summed E-state index contributed by atoms with van der Waals surface area (Å²) in [7, 11) is -4.18. The maximum atomic E-state index is 10.5. The summed E-state index contributed by atoms with van der Waals surface area (Å²) in [5, 5.41) is 16.0. The molecule has 0 aromatic rings. The fourth-order valence-electron chi connectivity index (χ4n) is 0.814. The molecule has 0 radical (unpaired) electrons. The molecule has 0 spiro atoms. The molecule has 0 saturated heterocycles. The average Bonchev–Trinajstić information content (AvgIpc) is 1.97. The van der Waals surface area contributed by atoms with Gasteiger partial charge in [-0.05, 0) is 12.3 Å². The summed E-state index contributed by atoms with van der Waals surface area (Å²) >= 11 is 0. The number of hydrogen-bond acceptors (Lipinski definition) is 4. The highest BCUT2D eigenvalue weighted by molar-refractivity contribution is 7.86. The Bertz CT molecular complexity index is 210. The van der Waals surface area contributed by atoms with E-state index in [2.05, 4.69) is 0 Å². The first-order chi connectivity index (χ1) is 5.41. The third-order valence-electron chi connectivity index (χ3n) is 1.60. The molecule has 0 heterocycles. The van der Waals surface area contributed by atoms with Gasteiger partial charge in [-0.25, -0.2) is 0 Å². The van der Waals surface area contributed by atoms with E-state index in [-0.39, 0.29) is 18.9 Å². The third kappa shape index (κ3) is 4.01. The second kappa shape index (κ2) is 4.76. The second-order valence-electron chi connectivity index (χ2n) is 2.84. The van der Waals surface area contributed by atoms with Gasteiger partial charge in [0.05, 0.1) is 6.61 Å². The van der Waals surface area contributed by atoms with Gasteiger partial charge in [-0.2, -0.15) is 8.42 Å². The van der Waals surface area contributed by atoms with E-state index in [0.717, 1.165) is 0 Å². The zero-order chi connectivity index (χ0) is 9.78. The van der Waals surface area contributed by atoms with Crippen LogP contribution in [0.3, 0.4) is 0 Å². The maximum absolute atomic E-state index is 10.5. The van der Waals surface area contributed by atoms with Crippen molar-refractivity contribution in [3.05, 3.63) is 0 Å². The summed E-state index contributed by atoms with van der Waals surface area (Å²) in [6.45, 7) is 0.850. The highest BCUT2D eigenvalue weighted by Gasteiger charge is 2.23. The summed E-state index contributed by atoms with van der Waals surface area (Å²) in [6, 6.07) is 0. The van der Waals surface area contributed by atoms with Gasteiger partial charge in [0.25, 0.3) is 10.1 Å². The quantitative estimate of drug-likeness (QED) is 0.505. The Kier molecular flexibility index (Phi) is 4.69. The Hall–Kier alpha value is -0.170. The largest absolute Gasteiger partial charge is 0.396 e. The van der Waals surface area contributed by atoms with Gasteiger partial charge >= 0.3 is 0 Å². The van der Waals surface area contributed by atoms with Gasteiger partial charge in [0, 0.05) is 6.61 Å². The summed E-state index contributed by atoms with van der Waals surface area (Å²) in [4.78, 5) is 0. The lowest BCUT2D eigenvalue weighted by Gasteiger charge is -2.14. The average molecular weight is 198 g/mol. The van der Waals surface area contributed by atoms with Gasteiger partial charge in [-0.15, -0.1) is 0 Å². The molecule has 0 aliphatic carbocycles. The summed E-state index contributed by atoms with van der Waals surface area (Å²) in [5.41, 5.74) is 0. The van der Waals surface area contributed by atoms with Crippen molar-refractivity contribution in [2.45, 2.75) is 18.6 Å². The molecule has 0 fully saturated rings. The lowest BCUT2D eigenvalue weighted by molar-refractivity contribution is 0.210. The highest BCUT2D eigenvalue weighted by atomic mass is 32.2. The molecule has 12 heavy (non-hydrogen) atoms. The monoisotopic (exact) mass is 198 g/mol. The zero-order valence-corrected chi connectivity index (χ0v) is 7.66. The first-order valence-corrected chi connectivity index (χ1v) is 5.10. The van der Waals surface area contributed by atoms with Gasteiger partial charge in [-0.3, -0.25) is 4.55 Å². The van der Waals surface area contributed by atoms with Crippen molar-refractivity contribution in [2.24, 2.45) is 5.92 Å². The van der Waals surface area contributed by atoms with Crippen LogP contribution in [0.25, 0.3) is 0 Å². The molecule has 74 valence electrons. The van der Waals surface area contributed by atoms with Crippen LogP contribution in [0.2, 0.25) is 0 Å². The van der Waals surface area contributed by atoms with Crippen LogP contribution in [0.1, 0.15) is 13.3 Å².